The van der Waals surface area contributed by atoms with E-state index in [9.17, 15) is 9.59 Å². The Hall–Kier alpha value is -1.10. The van der Waals surface area contributed by atoms with Gasteiger partial charge in [-0.25, -0.2) is 4.79 Å². The van der Waals surface area contributed by atoms with Gasteiger partial charge in [0.2, 0.25) is 0 Å². The lowest BCUT2D eigenvalue weighted by Crippen LogP contribution is -2.58. The van der Waals surface area contributed by atoms with Crippen LogP contribution in [0.1, 0.15) is 20.8 Å². The Bertz CT molecular complexity index is 229. The largest absolute Gasteiger partial charge is 0.453 e. The summed E-state index contributed by atoms with van der Waals surface area (Å²) >= 11 is 0. The van der Waals surface area contributed by atoms with Crippen LogP contribution in [0.5, 0.6) is 0 Å². The Morgan fingerprint density at radius 1 is 1.36 bits per heavy atom. The molecule has 0 unspecified atom stereocenters. The standard InChI is InChI=1S/C9H17NO4/c1-6(11)9(3,7(2)13-4)10-8(12)14-5/h7H,1-5H3,(H,10,12)/t7-,9+/m0/s1. The summed E-state index contributed by atoms with van der Waals surface area (Å²) in [6.45, 7) is 4.70. The third-order valence-corrected chi connectivity index (χ3v) is 2.45. The smallest absolute Gasteiger partial charge is 0.407 e. The number of nitrogens with one attached hydrogen (secondary N) is 1. The van der Waals surface area contributed by atoms with Gasteiger partial charge in [-0.3, -0.25) is 4.79 Å². The van der Waals surface area contributed by atoms with E-state index in [0.717, 1.165) is 0 Å². The van der Waals surface area contributed by atoms with Crippen molar-refractivity contribution in [3.05, 3.63) is 0 Å². The molecular weight excluding hydrogens is 186 g/mol. The predicted molar refractivity (Wildman–Crippen MR) is 51.1 cm³/mol. The maximum atomic E-state index is 11.4. The summed E-state index contributed by atoms with van der Waals surface area (Å²) in [6, 6.07) is 0. The fourth-order valence-electron chi connectivity index (χ4n) is 0.975. The van der Waals surface area contributed by atoms with Gasteiger partial charge in [0.15, 0.2) is 5.78 Å². The summed E-state index contributed by atoms with van der Waals surface area (Å²) in [4.78, 5) is 22.4. The van der Waals surface area contributed by atoms with Crippen molar-refractivity contribution in [3.8, 4) is 0 Å². The van der Waals surface area contributed by atoms with Crippen molar-refractivity contribution in [2.75, 3.05) is 14.2 Å². The summed E-state index contributed by atoms with van der Waals surface area (Å²) in [5, 5.41) is 2.46. The summed E-state index contributed by atoms with van der Waals surface area (Å²) in [5.74, 6) is -0.183. The molecule has 82 valence electrons. The van der Waals surface area contributed by atoms with E-state index in [4.69, 9.17) is 4.74 Å². The molecule has 14 heavy (non-hydrogen) atoms. The third kappa shape index (κ3) is 2.70. The molecule has 2 atom stereocenters. The molecule has 1 N–H and O–H groups in total. The molecule has 5 heteroatoms. The first-order chi connectivity index (χ1) is 6.38. The lowest BCUT2D eigenvalue weighted by molar-refractivity contribution is -0.127. The molecule has 0 aliphatic heterocycles. The number of methoxy groups -OCH3 is 2. The minimum absolute atomic E-state index is 0.183. The highest BCUT2D eigenvalue weighted by Gasteiger charge is 2.38. The molecule has 0 radical (unpaired) electrons. The molecular formula is C9H17NO4. The number of amides is 1. The second kappa shape index (κ2) is 4.95. The van der Waals surface area contributed by atoms with Gasteiger partial charge in [0, 0.05) is 7.11 Å². The van der Waals surface area contributed by atoms with Gasteiger partial charge >= 0.3 is 6.09 Å². The van der Waals surface area contributed by atoms with Crippen LogP contribution in [0.3, 0.4) is 0 Å². The van der Waals surface area contributed by atoms with E-state index < -0.39 is 17.7 Å². The first kappa shape index (κ1) is 12.9. The van der Waals surface area contributed by atoms with Crippen molar-refractivity contribution in [3.63, 3.8) is 0 Å². The second-order valence-electron chi connectivity index (χ2n) is 3.25. The Morgan fingerprint density at radius 2 is 1.86 bits per heavy atom. The van der Waals surface area contributed by atoms with Crippen LogP contribution in [0, 0.1) is 0 Å². The van der Waals surface area contributed by atoms with Gasteiger partial charge in [0.1, 0.15) is 5.54 Å². The van der Waals surface area contributed by atoms with Crippen molar-refractivity contribution in [1.82, 2.24) is 5.32 Å². The van der Waals surface area contributed by atoms with E-state index in [1.165, 1.54) is 21.1 Å². The molecule has 0 aromatic rings. The van der Waals surface area contributed by atoms with Crippen LogP contribution < -0.4 is 5.32 Å². The minimum Gasteiger partial charge on any atom is -0.453 e. The molecule has 0 heterocycles. The summed E-state index contributed by atoms with van der Waals surface area (Å²) in [5.41, 5.74) is -1.05. The number of hydrogen-bond acceptors (Lipinski definition) is 4. The fourth-order valence-corrected chi connectivity index (χ4v) is 0.975. The number of ketones is 1. The predicted octanol–water partition coefficient (Wildman–Crippen LogP) is 0.725. The van der Waals surface area contributed by atoms with Gasteiger partial charge < -0.3 is 14.8 Å². The summed E-state index contributed by atoms with van der Waals surface area (Å²) < 4.78 is 9.46. The molecule has 0 fully saturated rings. The van der Waals surface area contributed by atoms with Crippen molar-refractivity contribution < 1.29 is 19.1 Å². The van der Waals surface area contributed by atoms with Gasteiger partial charge in [-0.2, -0.15) is 0 Å². The normalized spacial score (nSPS) is 16.6. The number of ether oxygens (including phenoxy) is 2. The highest BCUT2D eigenvalue weighted by Crippen LogP contribution is 2.14. The minimum atomic E-state index is -1.05. The molecule has 0 spiro atoms. The molecule has 0 aromatic heterocycles. The molecule has 0 saturated heterocycles. The maximum Gasteiger partial charge on any atom is 0.407 e. The first-order valence-electron chi connectivity index (χ1n) is 4.28. The van der Waals surface area contributed by atoms with Crippen LogP contribution >= 0.6 is 0 Å². The number of hydrogen-bond donors (Lipinski definition) is 1. The SMILES string of the molecule is COC(=O)N[C@](C)(C(C)=O)[C@H](C)OC. The molecule has 0 bridgehead atoms. The average Bonchev–Trinajstić information content (AvgIpc) is 2.15. The number of alkyl carbamates (subject to hydrolysis) is 1. The van der Waals surface area contributed by atoms with E-state index in [0.29, 0.717) is 0 Å². The number of carbonyl (C=O) groups is 2. The Morgan fingerprint density at radius 3 is 2.14 bits per heavy atom. The third-order valence-electron chi connectivity index (χ3n) is 2.45. The van der Waals surface area contributed by atoms with E-state index in [2.05, 4.69) is 10.1 Å². The van der Waals surface area contributed by atoms with Gasteiger partial charge in [0.25, 0.3) is 0 Å². The van der Waals surface area contributed by atoms with E-state index in [-0.39, 0.29) is 5.78 Å². The molecule has 5 nitrogen and oxygen atoms in total. The number of carbonyl (C=O) groups excluding carboxylic acids is 2. The van der Waals surface area contributed by atoms with E-state index >= 15 is 0 Å². The average molecular weight is 203 g/mol. The van der Waals surface area contributed by atoms with Crippen molar-refractivity contribution in [1.29, 1.82) is 0 Å². The van der Waals surface area contributed by atoms with Gasteiger partial charge in [-0.15, -0.1) is 0 Å². The van der Waals surface area contributed by atoms with Crippen LogP contribution in [0.2, 0.25) is 0 Å². The maximum absolute atomic E-state index is 11.4. The van der Waals surface area contributed by atoms with Crippen LogP contribution in [-0.4, -0.2) is 37.7 Å². The van der Waals surface area contributed by atoms with Crippen LogP contribution in [0.15, 0.2) is 0 Å². The zero-order valence-corrected chi connectivity index (χ0v) is 9.21. The summed E-state index contributed by atoms with van der Waals surface area (Å²) in [6.07, 6.45) is -1.06. The fraction of sp³-hybridized carbons (Fsp3) is 0.778. The number of rotatable bonds is 4. The van der Waals surface area contributed by atoms with Gasteiger partial charge in [0.05, 0.1) is 13.2 Å². The quantitative estimate of drug-likeness (QED) is 0.731. The van der Waals surface area contributed by atoms with Gasteiger partial charge in [-0.1, -0.05) is 0 Å². The molecule has 0 aliphatic rings. The van der Waals surface area contributed by atoms with E-state index in [1.807, 2.05) is 0 Å². The molecule has 0 rings (SSSR count). The number of Topliss-reactive ketones (excluding diaryl/α,β-unsaturated/α-hetero) is 1. The highest BCUT2D eigenvalue weighted by atomic mass is 16.5. The van der Waals surface area contributed by atoms with Crippen LogP contribution in [0.4, 0.5) is 4.79 Å². The Kier molecular flexibility index (Phi) is 4.56. The Balaban J connectivity index is 4.72. The topological polar surface area (TPSA) is 64.6 Å². The van der Waals surface area contributed by atoms with Gasteiger partial charge in [-0.05, 0) is 20.8 Å². The first-order valence-corrected chi connectivity index (χ1v) is 4.28. The van der Waals surface area contributed by atoms with Crippen molar-refractivity contribution in [2.24, 2.45) is 0 Å². The van der Waals surface area contributed by atoms with E-state index in [1.54, 1.807) is 13.8 Å². The van der Waals surface area contributed by atoms with Crippen LogP contribution in [0.25, 0.3) is 0 Å². The lowest BCUT2D eigenvalue weighted by Gasteiger charge is -2.32. The lowest BCUT2D eigenvalue weighted by atomic mass is 9.91. The monoisotopic (exact) mass is 203 g/mol. The highest BCUT2D eigenvalue weighted by molar-refractivity contribution is 5.90. The van der Waals surface area contributed by atoms with Crippen molar-refractivity contribution in [2.45, 2.75) is 32.4 Å². The second-order valence-corrected chi connectivity index (χ2v) is 3.25. The molecule has 0 aliphatic carbocycles. The summed E-state index contributed by atoms with van der Waals surface area (Å²) in [7, 11) is 2.72. The molecule has 0 saturated carbocycles. The zero-order chi connectivity index (χ0) is 11.4. The van der Waals surface area contributed by atoms with Crippen molar-refractivity contribution >= 4 is 11.9 Å². The Labute approximate surface area is 83.8 Å². The molecule has 1 amide bonds. The zero-order valence-electron chi connectivity index (χ0n) is 9.21. The van der Waals surface area contributed by atoms with Crippen LogP contribution in [-0.2, 0) is 14.3 Å². The molecule has 0 aromatic carbocycles.